The maximum absolute atomic E-state index is 14.6. The fourth-order valence-electron chi connectivity index (χ4n) is 12.5. The summed E-state index contributed by atoms with van der Waals surface area (Å²) in [7, 11) is 0. The highest BCUT2D eigenvalue weighted by atomic mass is 16.2. The zero-order valence-corrected chi connectivity index (χ0v) is 51.7. The molecular formula is C75H74N14O4. The fourth-order valence-corrected chi connectivity index (χ4v) is 12.5. The van der Waals surface area contributed by atoms with Crippen LogP contribution in [-0.4, -0.2) is 124 Å². The van der Waals surface area contributed by atoms with E-state index >= 15 is 0 Å². The van der Waals surface area contributed by atoms with E-state index in [-0.39, 0.29) is 49.3 Å². The number of nitrogens with zero attached hydrogens (tertiary/aromatic N) is 5. The summed E-state index contributed by atoms with van der Waals surface area (Å²) in [4.78, 5) is 84.9. The van der Waals surface area contributed by atoms with E-state index in [4.69, 9.17) is 9.97 Å². The van der Waals surface area contributed by atoms with Gasteiger partial charge >= 0.3 is 0 Å². The van der Waals surface area contributed by atoms with Crippen molar-refractivity contribution in [2.45, 2.75) is 38.8 Å². The van der Waals surface area contributed by atoms with Gasteiger partial charge in [-0.3, -0.25) is 34.0 Å². The third-order valence-electron chi connectivity index (χ3n) is 17.1. The first-order chi connectivity index (χ1) is 45.7. The molecule has 4 amide bonds. The minimum Gasteiger partial charge on any atom is -0.354 e. The van der Waals surface area contributed by atoms with Gasteiger partial charge in [0, 0.05) is 206 Å². The molecule has 18 heteroatoms. The Morgan fingerprint density at radius 1 is 0.441 bits per heavy atom. The lowest BCUT2D eigenvalue weighted by Crippen LogP contribution is -2.41. The van der Waals surface area contributed by atoms with Crippen molar-refractivity contribution in [3.63, 3.8) is 0 Å². The number of hydrogen-bond donors (Lipinski definition) is 9. The van der Waals surface area contributed by atoms with Crippen molar-refractivity contribution in [1.82, 2.24) is 50.7 Å². The van der Waals surface area contributed by atoms with Crippen LogP contribution in [0.5, 0.6) is 0 Å². The number of carbonyl (C=O) groups excluding carboxylic acids is 4. The van der Waals surface area contributed by atoms with Crippen LogP contribution < -0.4 is 37.2 Å². The van der Waals surface area contributed by atoms with Crippen LogP contribution in [0.3, 0.4) is 0 Å². The van der Waals surface area contributed by atoms with Crippen molar-refractivity contribution in [2.24, 2.45) is 0 Å². The van der Waals surface area contributed by atoms with Crippen molar-refractivity contribution < 1.29 is 19.2 Å². The van der Waals surface area contributed by atoms with E-state index in [9.17, 15) is 19.2 Å². The molecule has 0 aliphatic carbocycles. The second-order valence-electron chi connectivity index (χ2n) is 23.5. The van der Waals surface area contributed by atoms with E-state index in [1.165, 1.54) is 0 Å². The molecule has 468 valence electrons. The Morgan fingerprint density at radius 3 is 1.29 bits per heavy atom. The smallest absolute Gasteiger partial charge is 0.225 e. The molecule has 0 spiro atoms. The van der Waals surface area contributed by atoms with E-state index in [1.54, 1.807) is 6.20 Å². The maximum atomic E-state index is 14.6. The highest BCUT2D eigenvalue weighted by Gasteiger charge is 2.25. The lowest BCUT2D eigenvalue weighted by Gasteiger charge is -2.23. The van der Waals surface area contributed by atoms with Gasteiger partial charge in [0.05, 0.1) is 22.8 Å². The molecule has 1 unspecified atom stereocenters. The molecular weight excluding hydrogens is 1160 g/mol. The van der Waals surface area contributed by atoms with Crippen molar-refractivity contribution in [3.05, 3.63) is 210 Å². The van der Waals surface area contributed by atoms with Crippen molar-refractivity contribution in [2.75, 3.05) is 86.7 Å². The molecule has 0 radical (unpaired) electrons. The summed E-state index contributed by atoms with van der Waals surface area (Å²) in [6, 6.07) is 53.5. The van der Waals surface area contributed by atoms with Crippen LogP contribution in [0.2, 0.25) is 0 Å². The molecule has 4 aliphatic rings. The van der Waals surface area contributed by atoms with Crippen LogP contribution in [-0.2, 0) is 32.3 Å². The zero-order valence-electron chi connectivity index (χ0n) is 51.7. The summed E-state index contributed by atoms with van der Waals surface area (Å²) in [5.41, 5.74) is 15.6. The number of nitrogens with one attached hydrogen (secondary N) is 9. The fraction of sp³-hybridized carbons (Fsp3) is 0.213. The Hall–Kier alpha value is -10.5. The molecule has 0 fully saturated rings. The van der Waals surface area contributed by atoms with Gasteiger partial charge in [0.1, 0.15) is 0 Å². The average molecular weight is 1240 g/mol. The second-order valence-corrected chi connectivity index (χ2v) is 23.5. The number of H-pyrrole nitrogens is 2. The number of carbonyl (C=O) groups is 4. The predicted molar refractivity (Wildman–Crippen MR) is 373 cm³/mol. The Balaban J connectivity index is 1.04. The quantitative estimate of drug-likeness (QED) is 0.0657. The first-order valence-electron chi connectivity index (χ1n) is 32.0. The summed E-state index contributed by atoms with van der Waals surface area (Å²) in [5.74, 6) is -0.591. The molecule has 4 aromatic heterocycles. The molecule has 1 atom stereocenters. The third-order valence-corrected chi connectivity index (χ3v) is 17.1. The topological polar surface area (TPSA) is 229 Å². The number of rotatable bonds is 9. The molecule has 18 nitrogen and oxygen atoms in total. The average Bonchev–Trinajstić information content (AvgIpc) is 1.67. The molecule has 0 saturated heterocycles. The third kappa shape index (κ3) is 14.8. The summed E-state index contributed by atoms with van der Waals surface area (Å²) in [6.45, 7) is 7.22. The first kappa shape index (κ1) is 61.4. The highest BCUT2D eigenvalue weighted by molar-refractivity contribution is 6.07. The van der Waals surface area contributed by atoms with E-state index in [0.717, 1.165) is 39.9 Å². The molecule has 0 saturated carbocycles. The lowest BCUT2D eigenvalue weighted by molar-refractivity contribution is -0.117. The number of pyridine rings is 1. The Morgan fingerprint density at radius 2 is 0.839 bits per heavy atom. The van der Waals surface area contributed by atoms with E-state index < -0.39 is 0 Å². The molecule has 4 aliphatic heterocycles. The van der Waals surface area contributed by atoms with Crippen molar-refractivity contribution in [3.8, 4) is 44.5 Å². The summed E-state index contributed by atoms with van der Waals surface area (Å²) >= 11 is 0. The normalized spacial score (nSPS) is 15.8. The standard InChI is InChI=1S/C75H74N14O4/c90-68-32-37-76-40-44-88-45-41-77-38-33-69(91)85-57-21-9-5-17-53(57)73-62-26-24-60(80-62)72(52-16-4-8-20-56(52)84-68)61-25-27-63(81-61)74(54-18-6-10-22-58(54)86-70(92)34-39-78-42-46-88)65-29-31-67(83-65)75(66-30-28-64(73)82-66)55-19-7-11-23-59(55)87-71(93)35-43-89(48-50-13-2-1-3-14-50)49-51-15-12-36-79-47-51/h1-31,36,47,76-78,80,83H,32-35,37-46,48-49H2,(H,84,90)(H,85,91)(H,86,92)(H,87,93). The molecule has 13 rings (SSSR count). The molecule has 8 heterocycles. The van der Waals surface area contributed by atoms with Gasteiger partial charge in [0.15, 0.2) is 0 Å². The number of amides is 4. The van der Waals surface area contributed by atoms with Gasteiger partial charge in [0.2, 0.25) is 23.6 Å². The zero-order chi connectivity index (χ0) is 63.3. The van der Waals surface area contributed by atoms with Crippen LogP contribution >= 0.6 is 0 Å². The number of aromatic amines is 2. The number of aromatic nitrogens is 5. The number of benzene rings is 5. The van der Waals surface area contributed by atoms with Crippen LogP contribution in [0.15, 0.2) is 176 Å². The monoisotopic (exact) mass is 1230 g/mol. The predicted octanol–water partition coefficient (Wildman–Crippen LogP) is 11.8. The molecule has 5 aromatic carbocycles. The van der Waals surface area contributed by atoms with Gasteiger partial charge in [0.25, 0.3) is 0 Å². The minimum absolute atomic E-state index is 0.134. The van der Waals surface area contributed by atoms with Gasteiger partial charge in [-0.2, -0.15) is 0 Å². The largest absolute Gasteiger partial charge is 0.354 e. The molecule has 9 N–H and O–H groups in total. The van der Waals surface area contributed by atoms with Gasteiger partial charge in [-0.15, -0.1) is 0 Å². The summed E-state index contributed by atoms with van der Waals surface area (Å²) in [6.07, 6.45) is 12.5. The Kier molecular flexibility index (Phi) is 19.3. The van der Waals surface area contributed by atoms with E-state index in [1.807, 2.05) is 176 Å². The first-order valence-corrected chi connectivity index (χ1v) is 32.0. The molecule has 9 aromatic rings. The number of hydrogen-bond acceptors (Lipinski definition) is 12. The summed E-state index contributed by atoms with van der Waals surface area (Å²) in [5, 5.41) is 23.7. The van der Waals surface area contributed by atoms with Gasteiger partial charge in [-0.05, 0) is 90.0 Å². The minimum atomic E-state index is -0.159. The second kappa shape index (κ2) is 29.2. The lowest BCUT2D eigenvalue weighted by atomic mass is 10.0. The number of para-hydroxylation sites is 4. The van der Waals surface area contributed by atoms with Crippen LogP contribution in [0.4, 0.5) is 22.7 Å². The maximum Gasteiger partial charge on any atom is 0.225 e. The molecule has 12 bridgehead atoms. The number of anilines is 4. The highest BCUT2D eigenvalue weighted by Crippen LogP contribution is 2.43. The van der Waals surface area contributed by atoms with Crippen LogP contribution in [0.25, 0.3) is 90.9 Å². The van der Waals surface area contributed by atoms with Gasteiger partial charge < -0.3 is 47.2 Å². The summed E-state index contributed by atoms with van der Waals surface area (Å²) < 4.78 is 0. The molecule has 93 heavy (non-hydrogen) atoms. The SMILES string of the molecule is O=C1CCNCCN2CCNCCC(=O)Nc3ccccc3-c3c4nc(c(-c5ccccc5NC(=O)CCN(Cc5ccccc5)Cc5cccnc5)c5ccc([nH]5)c(c5nc(c(c6ccc3[nH]6)-c3ccccc3N1)C=C5)-c1ccccc1NC(=O)CCNCC2)C=C4. The Labute approximate surface area is 540 Å². The van der Waals surface area contributed by atoms with Crippen molar-refractivity contribution >= 4 is 92.7 Å². The van der Waals surface area contributed by atoms with Crippen molar-refractivity contribution in [1.29, 1.82) is 0 Å². The van der Waals surface area contributed by atoms with Gasteiger partial charge in [-0.1, -0.05) is 109 Å². The van der Waals surface area contributed by atoms with Crippen LogP contribution in [0, 0.1) is 0 Å². The Bertz CT molecular complexity index is 4360. The van der Waals surface area contributed by atoms with Gasteiger partial charge in [-0.25, -0.2) is 9.97 Å². The number of fused-ring (bicyclic) bond motifs is 17. The van der Waals surface area contributed by atoms with E-state index in [0.29, 0.717) is 162 Å². The van der Waals surface area contributed by atoms with E-state index in [2.05, 4.69) is 80.2 Å². The van der Waals surface area contributed by atoms with Crippen LogP contribution in [0.1, 0.15) is 59.6 Å².